The van der Waals surface area contributed by atoms with E-state index in [4.69, 9.17) is 0 Å². The molecule has 0 atom stereocenters. The molecule has 3 aromatic rings. The summed E-state index contributed by atoms with van der Waals surface area (Å²) in [6.45, 7) is 1.61. The Labute approximate surface area is 137 Å². The Hall–Kier alpha value is -3.21. The Kier molecular flexibility index (Phi) is 4.00. The van der Waals surface area contributed by atoms with Crippen LogP contribution in [0.25, 0.3) is 16.8 Å². The lowest BCUT2D eigenvalue weighted by Crippen LogP contribution is -2.27. The molecule has 0 bridgehead atoms. The molecule has 3 rings (SSSR count). The van der Waals surface area contributed by atoms with Crippen LogP contribution >= 0.6 is 0 Å². The van der Waals surface area contributed by atoms with E-state index < -0.39 is 17.3 Å². The smallest absolute Gasteiger partial charge is 0.341 e. The molecular weight excluding hydrogens is 309 g/mol. The minimum Gasteiger partial charge on any atom is -0.477 e. The Morgan fingerprint density at radius 3 is 2.25 bits per heavy atom. The third kappa shape index (κ3) is 2.72. The van der Waals surface area contributed by atoms with Gasteiger partial charge in [-0.15, -0.1) is 0 Å². The van der Waals surface area contributed by atoms with E-state index in [1.165, 1.54) is 28.8 Å². The highest BCUT2D eigenvalue weighted by Crippen LogP contribution is 2.25. The molecule has 1 heterocycles. The standard InChI is InChI=1S/C19H14FNO3/c1-12-16(13-5-3-2-4-6-13)11-21(18(22)17(12)19(23)24)15-9-7-14(20)8-10-15/h2-11H,1H3,(H,23,24). The number of rotatable bonds is 3. The molecule has 24 heavy (non-hydrogen) atoms. The summed E-state index contributed by atoms with van der Waals surface area (Å²) in [5.74, 6) is -1.72. The first-order valence-corrected chi connectivity index (χ1v) is 7.30. The summed E-state index contributed by atoms with van der Waals surface area (Å²) >= 11 is 0. The average Bonchev–Trinajstić information content (AvgIpc) is 2.57. The Balaban J connectivity index is 2.34. The first kappa shape index (κ1) is 15.7. The van der Waals surface area contributed by atoms with Crippen molar-refractivity contribution in [2.24, 2.45) is 0 Å². The quantitative estimate of drug-likeness (QED) is 0.800. The van der Waals surface area contributed by atoms with E-state index in [9.17, 15) is 19.1 Å². The van der Waals surface area contributed by atoms with E-state index in [0.717, 1.165) is 5.56 Å². The van der Waals surface area contributed by atoms with Crippen LogP contribution in [0.3, 0.4) is 0 Å². The zero-order valence-electron chi connectivity index (χ0n) is 12.9. The van der Waals surface area contributed by atoms with E-state index in [1.54, 1.807) is 13.1 Å². The number of halogens is 1. The third-order valence-corrected chi connectivity index (χ3v) is 3.87. The van der Waals surface area contributed by atoms with Crippen LogP contribution in [0.5, 0.6) is 0 Å². The Morgan fingerprint density at radius 2 is 1.67 bits per heavy atom. The van der Waals surface area contributed by atoms with Crippen LogP contribution in [-0.2, 0) is 0 Å². The highest BCUT2D eigenvalue weighted by molar-refractivity contribution is 5.91. The fraction of sp³-hybridized carbons (Fsp3) is 0.0526. The molecule has 0 saturated carbocycles. The maximum absolute atomic E-state index is 13.1. The number of nitrogens with zero attached hydrogens (tertiary/aromatic N) is 1. The van der Waals surface area contributed by atoms with Gasteiger partial charge in [0.25, 0.3) is 5.56 Å². The van der Waals surface area contributed by atoms with Crippen molar-refractivity contribution in [1.29, 1.82) is 0 Å². The monoisotopic (exact) mass is 323 g/mol. The number of pyridine rings is 1. The van der Waals surface area contributed by atoms with Gasteiger partial charge in [0.05, 0.1) is 0 Å². The average molecular weight is 323 g/mol. The lowest BCUT2D eigenvalue weighted by molar-refractivity contribution is 0.0694. The van der Waals surface area contributed by atoms with Crippen molar-refractivity contribution in [3.8, 4) is 16.8 Å². The van der Waals surface area contributed by atoms with Crippen LogP contribution < -0.4 is 5.56 Å². The summed E-state index contributed by atoms with van der Waals surface area (Å²) in [6, 6.07) is 14.5. The van der Waals surface area contributed by atoms with E-state index in [-0.39, 0.29) is 5.56 Å². The van der Waals surface area contributed by atoms with Crippen molar-refractivity contribution in [2.45, 2.75) is 6.92 Å². The second-order valence-electron chi connectivity index (χ2n) is 5.37. The van der Waals surface area contributed by atoms with Gasteiger partial charge in [-0.25, -0.2) is 9.18 Å². The van der Waals surface area contributed by atoms with Crippen molar-refractivity contribution >= 4 is 5.97 Å². The number of hydrogen-bond donors (Lipinski definition) is 1. The molecule has 0 spiro atoms. The molecule has 0 unspecified atom stereocenters. The first-order valence-electron chi connectivity index (χ1n) is 7.30. The molecule has 0 fully saturated rings. The molecule has 0 aliphatic rings. The van der Waals surface area contributed by atoms with Gasteiger partial charge in [-0.05, 0) is 42.3 Å². The van der Waals surface area contributed by atoms with E-state index in [0.29, 0.717) is 16.8 Å². The van der Waals surface area contributed by atoms with Crippen LogP contribution in [0.4, 0.5) is 4.39 Å². The van der Waals surface area contributed by atoms with Crippen LogP contribution in [0.2, 0.25) is 0 Å². The second-order valence-corrected chi connectivity index (χ2v) is 5.37. The molecule has 1 N–H and O–H groups in total. The molecule has 0 radical (unpaired) electrons. The highest BCUT2D eigenvalue weighted by Gasteiger charge is 2.19. The molecule has 0 aliphatic carbocycles. The minimum absolute atomic E-state index is 0.291. The minimum atomic E-state index is -1.29. The topological polar surface area (TPSA) is 59.3 Å². The zero-order chi connectivity index (χ0) is 17.3. The maximum atomic E-state index is 13.1. The first-order chi connectivity index (χ1) is 11.5. The van der Waals surface area contributed by atoms with Crippen molar-refractivity contribution in [3.05, 3.63) is 88.1 Å². The Bertz CT molecular complexity index is 960. The number of aromatic nitrogens is 1. The number of carboxylic acids is 1. The van der Waals surface area contributed by atoms with Crippen molar-refractivity contribution < 1.29 is 14.3 Å². The molecule has 0 aliphatic heterocycles. The SMILES string of the molecule is Cc1c(-c2ccccc2)cn(-c2ccc(F)cc2)c(=O)c1C(=O)O. The van der Waals surface area contributed by atoms with E-state index in [1.807, 2.05) is 30.3 Å². The summed E-state index contributed by atoms with van der Waals surface area (Å²) in [7, 11) is 0. The van der Waals surface area contributed by atoms with Gasteiger partial charge in [0, 0.05) is 17.4 Å². The predicted molar refractivity (Wildman–Crippen MR) is 89.1 cm³/mol. The molecule has 120 valence electrons. The van der Waals surface area contributed by atoms with Gasteiger partial charge in [-0.2, -0.15) is 0 Å². The molecule has 0 amide bonds. The molecule has 0 saturated heterocycles. The molecule has 5 heteroatoms. The van der Waals surface area contributed by atoms with Crippen LogP contribution in [-0.4, -0.2) is 15.6 Å². The van der Waals surface area contributed by atoms with E-state index in [2.05, 4.69) is 0 Å². The number of hydrogen-bond acceptors (Lipinski definition) is 2. The predicted octanol–water partition coefficient (Wildman–Crippen LogP) is 3.65. The molecular formula is C19H14FNO3. The molecule has 4 nitrogen and oxygen atoms in total. The lowest BCUT2D eigenvalue weighted by Gasteiger charge is -2.14. The Morgan fingerprint density at radius 1 is 1.04 bits per heavy atom. The summed E-state index contributed by atoms with van der Waals surface area (Å²) < 4.78 is 14.4. The van der Waals surface area contributed by atoms with Gasteiger partial charge >= 0.3 is 5.97 Å². The molecule has 2 aromatic carbocycles. The van der Waals surface area contributed by atoms with Gasteiger partial charge in [-0.3, -0.25) is 9.36 Å². The number of benzene rings is 2. The van der Waals surface area contributed by atoms with Gasteiger partial charge in [-0.1, -0.05) is 30.3 Å². The fourth-order valence-electron chi connectivity index (χ4n) is 2.65. The fourth-order valence-corrected chi connectivity index (χ4v) is 2.65. The van der Waals surface area contributed by atoms with Crippen molar-refractivity contribution in [2.75, 3.05) is 0 Å². The van der Waals surface area contributed by atoms with Crippen molar-refractivity contribution in [3.63, 3.8) is 0 Å². The van der Waals surface area contributed by atoms with Gasteiger partial charge in [0.1, 0.15) is 11.4 Å². The summed E-state index contributed by atoms with van der Waals surface area (Å²) in [5.41, 5.74) is 1.30. The van der Waals surface area contributed by atoms with E-state index >= 15 is 0 Å². The largest absolute Gasteiger partial charge is 0.477 e. The normalized spacial score (nSPS) is 10.6. The van der Waals surface area contributed by atoms with Crippen LogP contribution in [0.1, 0.15) is 15.9 Å². The number of carboxylic acid groups (broad SMARTS) is 1. The van der Waals surface area contributed by atoms with Gasteiger partial charge in [0.2, 0.25) is 0 Å². The lowest BCUT2D eigenvalue weighted by atomic mass is 9.99. The summed E-state index contributed by atoms with van der Waals surface area (Å²) in [6.07, 6.45) is 1.59. The third-order valence-electron chi connectivity index (χ3n) is 3.87. The summed E-state index contributed by atoms with van der Waals surface area (Å²) in [4.78, 5) is 24.2. The highest BCUT2D eigenvalue weighted by atomic mass is 19.1. The van der Waals surface area contributed by atoms with Crippen LogP contribution in [0.15, 0.2) is 65.6 Å². The van der Waals surface area contributed by atoms with Gasteiger partial charge in [0.15, 0.2) is 0 Å². The molecule has 1 aromatic heterocycles. The number of aromatic carboxylic acids is 1. The zero-order valence-corrected chi connectivity index (χ0v) is 12.9. The van der Waals surface area contributed by atoms with Gasteiger partial charge < -0.3 is 5.11 Å². The second kappa shape index (κ2) is 6.12. The summed E-state index contributed by atoms with van der Waals surface area (Å²) in [5, 5.41) is 9.46. The van der Waals surface area contributed by atoms with Crippen molar-refractivity contribution in [1.82, 2.24) is 4.57 Å². The maximum Gasteiger partial charge on any atom is 0.341 e. The van der Waals surface area contributed by atoms with Crippen LogP contribution in [0, 0.1) is 12.7 Å². The number of carbonyl (C=O) groups is 1.